The monoisotopic (exact) mass is 590 g/mol. The average molecular weight is 591 g/mol. The van der Waals surface area contributed by atoms with Gasteiger partial charge in [-0.1, -0.05) is 96.5 Å². The Morgan fingerprint density at radius 3 is 2.10 bits per heavy atom. The van der Waals surface area contributed by atoms with E-state index in [0.717, 1.165) is 37.6 Å². The number of H-pyrrole nitrogens is 1. The zero-order valence-corrected chi connectivity index (χ0v) is 24.7. The number of nitrogens with zero attached hydrogens (tertiary/aromatic N) is 5. The standard InChI is InChI=1S/C31H45F3N6O2/c1-2-3-4-5-6-7-8-9-10-11-12-13-14-15-18-39(29-28(34)20-36-30(41)38-29)21-31(42,22-40-24-35-23-37-40)26-17-16-25(32)19-27(26)33/h16-17,19-20,23-24,42H,2-15,18,21-22H2,1H3,(H,36,38,41). The molecule has 2 aromatic heterocycles. The second kappa shape index (κ2) is 17.7. The first-order chi connectivity index (χ1) is 20.3. The number of hydrogen-bond acceptors (Lipinski definition) is 6. The first-order valence-electron chi connectivity index (χ1n) is 15.3. The highest BCUT2D eigenvalue weighted by atomic mass is 19.1. The molecule has 1 unspecified atom stereocenters. The van der Waals surface area contributed by atoms with Crippen molar-refractivity contribution in [2.24, 2.45) is 0 Å². The number of unbranched alkanes of at least 4 members (excludes halogenated alkanes) is 13. The molecule has 8 nitrogen and oxygen atoms in total. The predicted octanol–water partition coefficient (Wildman–Crippen LogP) is 6.65. The summed E-state index contributed by atoms with van der Waals surface area (Å²) in [6, 6.07) is 2.91. The molecule has 0 aliphatic carbocycles. The summed E-state index contributed by atoms with van der Waals surface area (Å²) in [7, 11) is 0. The Balaban J connectivity index is 1.59. The van der Waals surface area contributed by atoms with Crippen LogP contribution in [0.4, 0.5) is 19.0 Å². The van der Waals surface area contributed by atoms with E-state index < -0.39 is 28.7 Å². The minimum atomic E-state index is -1.96. The Bertz CT molecular complexity index is 1240. The van der Waals surface area contributed by atoms with Crippen LogP contribution in [0.2, 0.25) is 0 Å². The lowest BCUT2D eigenvalue weighted by molar-refractivity contribution is 0.0182. The summed E-state index contributed by atoms with van der Waals surface area (Å²) < 4.78 is 44.9. The topological polar surface area (TPSA) is 99.9 Å². The van der Waals surface area contributed by atoms with Crippen LogP contribution in [0, 0.1) is 17.5 Å². The van der Waals surface area contributed by atoms with E-state index in [0.29, 0.717) is 12.5 Å². The van der Waals surface area contributed by atoms with Gasteiger partial charge in [-0.15, -0.1) is 0 Å². The highest BCUT2D eigenvalue weighted by Crippen LogP contribution is 2.30. The fourth-order valence-electron chi connectivity index (χ4n) is 5.35. The van der Waals surface area contributed by atoms with Crippen molar-refractivity contribution in [1.82, 2.24) is 24.7 Å². The number of halogens is 3. The summed E-state index contributed by atoms with van der Waals surface area (Å²) in [5.74, 6) is -2.66. The summed E-state index contributed by atoms with van der Waals surface area (Å²) in [5, 5.41) is 15.8. The van der Waals surface area contributed by atoms with Crippen LogP contribution in [0.1, 0.15) is 102 Å². The van der Waals surface area contributed by atoms with E-state index in [4.69, 9.17) is 0 Å². The minimum absolute atomic E-state index is 0.149. The number of hydrogen-bond donors (Lipinski definition) is 2. The van der Waals surface area contributed by atoms with Gasteiger partial charge < -0.3 is 10.0 Å². The van der Waals surface area contributed by atoms with Gasteiger partial charge in [0.1, 0.15) is 35.7 Å². The molecule has 0 aliphatic rings. The Morgan fingerprint density at radius 1 is 0.905 bits per heavy atom. The van der Waals surface area contributed by atoms with Crippen molar-refractivity contribution < 1.29 is 18.3 Å². The number of aromatic amines is 1. The van der Waals surface area contributed by atoms with Crippen LogP contribution >= 0.6 is 0 Å². The first-order valence-corrected chi connectivity index (χ1v) is 15.3. The molecular weight excluding hydrogens is 545 g/mol. The molecule has 1 aromatic carbocycles. The third kappa shape index (κ3) is 10.9. The zero-order valence-electron chi connectivity index (χ0n) is 24.7. The van der Waals surface area contributed by atoms with Crippen molar-refractivity contribution in [1.29, 1.82) is 0 Å². The molecule has 11 heteroatoms. The molecule has 0 bridgehead atoms. The third-order valence-electron chi connectivity index (χ3n) is 7.62. The predicted molar refractivity (Wildman–Crippen MR) is 158 cm³/mol. The maximum atomic E-state index is 15.0. The van der Waals surface area contributed by atoms with Gasteiger partial charge in [-0.05, 0) is 12.5 Å². The van der Waals surface area contributed by atoms with Crippen LogP contribution in [-0.4, -0.2) is 42.9 Å². The SMILES string of the molecule is CCCCCCCCCCCCCCCCN(CC(O)(Cn1cncn1)c1ccc(F)cc1F)c1[nH]c(=O)ncc1F. The van der Waals surface area contributed by atoms with Gasteiger partial charge in [0.15, 0.2) is 5.82 Å². The summed E-state index contributed by atoms with van der Waals surface area (Å²) in [5.41, 5.74) is -2.89. The van der Waals surface area contributed by atoms with E-state index in [-0.39, 0.29) is 31.0 Å². The van der Waals surface area contributed by atoms with Crippen molar-refractivity contribution >= 4 is 5.82 Å². The molecule has 3 rings (SSSR count). The fourth-order valence-corrected chi connectivity index (χ4v) is 5.35. The van der Waals surface area contributed by atoms with Crippen LogP contribution in [0.3, 0.4) is 0 Å². The first kappa shape index (κ1) is 33.3. The molecule has 232 valence electrons. The lowest BCUT2D eigenvalue weighted by atomic mass is 9.92. The van der Waals surface area contributed by atoms with Gasteiger partial charge in [-0.3, -0.25) is 4.98 Å². The Morgan fingerprint density at radius 2 is 1.52 bits per heavy atom. The van der Waals surface area contributed by atoms with Crippen LogP contribution in [0.25, 0.3) is 0 Å². The molecule has 1 atom stereocenters. The van der Waals surface area contributed by atoms with Crippen LogP contribution in [-0.2, 0) is 12.1 Å². The Labute approximate surface area is 246 Å². The van der Waals surface area contributed by atoms with E-state index in [9.17, 15) is 23.1 Å². The van der Waals surface area contributed by atoms with Crippen LogP contribution in [0.15, 0.2) is 41.8 Å². The molecule has 0 fully saturated rings. The Hall–Kier alpha value is -3.21. The summed E-state index contributed by atoms with van der Waals surface area (Å²) in [6.45, 7) is 1.99. The van der Waals surface area contributed by atoms with Gasteiger partial charge >= 0.3 is 5.69 Å². The largest absolute Gasteiger partial charge is 0.381 e. The van der Waals surface area contributed by atoms with Crippen molar-refractivity contribution in [3.05, 3.63) is 70.5 Å². The van der Waals surface area contributed by atoms with Crippen molar-refractivity contribution in [3.8, 4) is 0 Å². The van der Waals surface area contributed by atoms with Gasteiger partial charge in [-0.25, -0.2) is 27.6 Å². The van der Waals surface area contributed by atoms with Crippen molar-refractivity contribution in [2.45, 2.75) is 109 Å². The highest BCUT2D eigenvalue weighted by molar-refractivity contribution is 5.40. The number of aromatic nitrogens is 5. The van der Waals surface area contributed by atoms with Crippen LogP contribution < -0.4 is 10.6 Å². The lowest BCUT2D eigenvalue weighted by Gasteiger charge is -2.36. The normalized spacial score (nSPS) is 12.9. The summed E-state index contributed by atoms with van der Waals surface area (Å²) >= 11 is 0. The summed E-state index contributed by atoms with van der Waals surface area (Å²) in [6.07, 6.45) is 20.0. The molecule has 0 amide bonds. The number of aliphatic hydroxyl groups is 1. The molecule has 0 saturated heterocycles. The van der Waals surface area contributed by atoms with Gasteiger partial charge in [0.2, 0.25) is 0 Å². The second-order valence-corrected chi connectivity index (χ2v) is 11.2. The smallest absolute Gasteiger partial charge is 0.346 e. The number of nitrogens with one attached hydrogen (secondary N) is 1. The lowest BCUT2D eigenvalue weighted by Crippen LogP contribution is -2.46. The Kier molecular flexibility index (Phi) is 14.0. The van der Waals surface area contributed by atoms with E-state index in [1.54, 1.807) is 0 Å². The molecule has 0 spiro atoms. The highest BCUT2D eigenvalue weighted by Gasteiger charge is 2.36. The molecule has 3 aromatic rings. The molecule has 42 heavy (non-hydrogen) atoms. The molecular formula is C31H45F3N6O2. The minimum Gasteiger partial charge on any atom is -0.381 e. The fraction of sp³-hybridized carbons (Fsp3) is 0.613. The van der Waals surface area contributed by atoms with Crippen LogP contribution in [0.5, 0.6) is 0 Å². The number of anilines is 1. The van der Waals surface area contributed by atoms with Gasteiger partial charge in [0.05, 0.1) is 19.3 Å². The summed E-state index contributed by atoms with van der Waals surface area (Å²) in [4.78, 5) is 23.2. The molecule has 0 radical (unpaired) electrons. The number of benzene rings is 1. The quantitative estimate of drug-likeness (QED) is 0.135. The molecule has 0 saturated carbocycles. The zero-order chi connectivity index (χ0) is 30.2. The van der Waals surface area contributed by atoms with E-state index in [2.05, 4.69) is 27.0 Å². The molecule has 2 heterocycles. The average Bonchev–Trinajstić information content (AvgIpc) is 3.46. The maximum absolute atomic E-state index is 15.0. The number of rotatable bonds is 21. The van der Waals surface area contributed by atoms with Gasteiger partial charge in [-0.2, -0.15) is 10.1 Å². The molecule has 0 aliphatic heterocycles. The maximum Gasteiger partial charge on any atom is 0.346 e. The van der Waals surface area contributed by atoms with E-state index in [1.165, 1.54) is 86.4 Å². The van der Waals surface area contributed by atoms with Gasteiger partial charge in [0, 0.05) is 18.2 Å². The second-order valence-electron chi connectivity index (χ2n) is 11.2. The van der Waals surface area contributed by atoms with Gasteiger partial charge in [0.25, 0.3) is 0 Å². The van der Waals surface area contributed by atoms with E-state index >= 15 is 0 Å². The molecule has 2 N–H and O–H groups in total. The van der Waals surface area contributed by atoms with Crippen molar-refractivity contribution in [3.63, 3.8) is 0 Å². The third-order valence-corrected chi connectivity index (χ3v) is 7.62. The van der Waals surface area contributed by atoms with Crippen molar-refractivity contribution in [2.75, 3.05) is 18.0 Å². The van der Waals surface area contributed by atoms with E-state index in [1.807, 2.05) is 0 Å².